The quantitative estimate of drug-likeness (QED) is 0.714. The summed E-state index contributed by atoms with van der Waals surface area (Å²) in [5.74, 6) is 0.805. The molecule has 14 heavy (non-hydrogen) atoms. The van der Waals surface area contributed by atoms with Crippen molar-refractivity contribution in [3.05, 3.63) is 0 Å². The van der Waals surface area contributed by atoms with Gasteiger partial charge in [0, 0.05) is 0 Å². The van der Waals surface area contributed by atoms with E-state index in [1.54, 1.807) is 18.8 Å². The van der Waals surface area contributed by atoms with Crippen molar-refractivity contribution in [3.8, 4) is 0 Å². The van der Waals surface area contributed by atoms with Crippen molar-refractivity contribution in [2.45, 2.75) is 38.8 Å². The van der Waals surface area contributed by atoms with Gasteiger partial charge in [-0.25, -0.2) is 0 Å². The van der Waals surface area contributed by atoms with Crippen LogP contribution in [0.3, 0.4) is 0 Å². The summed E-state index contributed by atoms with van der Waals surface area (Å²) < 4.78 is 5.28. The summed E-state index contributed by atoms with van der Waals surface area (Å²) in [7, 11) is 1.79. The molecular formula is C10H21NO2S. The highest BCUT2D eigenvalue weighted by atomic mass is 32.2. The standard InChI is InChI=1S/C10H21NO2S/c1-10(2,3)13-9(12)8(11-4)6-7-14-5/h8,11H,6-7H2,1-5H3. The van der Waals surface area contributed by atoms with Crippen molar-refractivity contribution in [1.82, 2.24) is 5.32 Å². The Balaban J connectivity index is 4.04. The van der Waals surface area contributed by atoms with Gasteiger partial charge in [0.25, 0.3) is 0 Å². The average Bonchev–Trinajstić information content (AvgIpc) is 2.02. The maximum Gasteiger partial charge on any atom is 0.323 e. The van der Waals surface area contributed by atoms with Crippen molar-refractivity contribution in [2.75, 3.05) is 19.1 Å². The molecule has 1 N–H and O–H groups in total. The van der Waals surface area contributed by atoms with E-state index in [0.29, 0.717) is 0 Å². The molecule has 1 unspecified atom stereocenters. The summed E-state index contributed by atoms with van der Waals surface area (Å²) in [6.07, 6.45) is 2.84. The molecule has 0 saturated carbocycles. The Morgan fingerprint density at radius 2 is 2.07 bits per heavy atom. The fourth-order valence-electron chi connectivity index (χ4n) is 0.989. The van der Waals surface area contributed by atoms with Gasteiger partial charge in [-0.2, -0.15) is 11.8 Å². The van der Waals surface area contributed by atoms with E-state index >= 15 is 0 Å². The second-order valence-electron chi connectivity index (χ2n) is 4.16. The van der Waals surface area contributed by atoms with Gasteiger partial charge in [0.2, 0.25) is 0 Å². The Bertz CT molecular complexity index is 177. The van der Waals surface area contributed by atoms with Crippen LogP contribution in [-0.2, 0) is 9.53 Å². The van der Waals surface area contributed by atoms with Crippen LogP contribution in [0.1, 0.15) is 27.2 Å². The average molecular weight is 219 g/mol. The van der Waals surface area contributed by atoms with Gasteiger partial charge in [0.1, 0.15) is 11.6 Å². The van der Waals surface area contributed by atoms with Crippen molar-refractivity contribution in [1.29, 1.82) is 0 Å². The Kier molecular flexibility index (Phi) is 6.20. The Labute approximate surface area is 91.0 Å². The highest BCUT2D eigenvalue weighted by molar-refractivity contribution is 7.98. The first-order chi connectivity index (χ1) is 6.40. The number of ether oxygens (including phenoxy) is 1. The van der Waals surface area contributed by atoms with Crippen molar-refractivity contribution < 1.29 is 9.53 Å². The molecule has 0 aromatic heterocycles. The largest absolute Gasteiger partial charge is 0.459 e. The number of esters is 1. The SMILES string of the molecule is CNC(CCSC)C(=O)OC(C)(C)C. The number of thioether (sulfide) groups is 1. The monoisotopic (exact) mass is 219 g/mol. The molecule has 0 aliphatic heterocycles. The number of hydrogen-bond donors (Lipinski definition) is 1. The van der Waals surface area contributed by atoms with Crippen LogP contribution in [0.5, 0.6) is 0 Å². The molecule has 0 amide bonds. The zero-order valence-electron chi connectivity index (χ0n) is 9.72. The molecule has 0 heterocycles. The number of carbonyl (C=O) groups is 1. The molecule has 0 rings (SSSR count). The lowest BCUT2D eigenvalue weighted by Gasteiger charge is -2.23. The molecule has 4 heteroatoms. The molecular weight excluding hydrogens is 198 g/mol. The molecule has 84 valence electrons. The highest BCUT2D eigenvalue weighted by Crippen LogP contribution is 2.10. The lowest BCUT2D eigenvalue weighted by atomic mass is 10.1. The van der Waals surface area contributed by atoms with E-state index in [1.807, 2.05) is 27.0 Å². The van der Waals surface area contributed by atoms with E-state index in [2.05, 4.69) is 5.32 Å². The van der Waals surface area contributed by atoms with E-state index in [0.717, 1.165) is 12.2 Å². The zero-order chi connectivity index (χ0) is 11.2. The minimum atomic E-state index is -0.397. The molecule has 0 saturated heterocycles. The van der Waals surface area contributed by atoms with E-state index in [1.165, 1.54) is 0 Å². The highest BCUT2D eigenvalue weighted by Gasteiger charge is 2.23. The second-order valence-corrected chi connectivity index (χ2v) is 5.14. The smallest absolute Gasteiger partial charge is 0.323 e. The number of likely N-dealkylation sites (N-methyl/N-ethyl adjacent to an activating group) is 1. The molecule has 0 aliphatic carbocycles. The zero-order valence-corrected chi connectivity index (χ0v) is 10.5. The van der Waals surface area contributed by atoms with Crippen LogP contribution in [0, 0.1) is 0 Å². The minimum Gasteiger partial charge on any atom is -0.459 e. The van der Waals surface area contributed by atoms with E-state index in [9.17, 15) is 4.79 Å². The van der Waals surface area contributed by atoms with Gasteiger partial charge >= 0.3 is 5.97 Å². The predicted molar refractivity (Wildman–Crippen MR) is 61.7 cm³/mol. The Morgan fingerprint density at radius 1 is 1.50 bits per heavy atom. The van der Waals surface area contributed by atoms with Gasteiger partial charge in [-0.05, 0) is 46.2 Å². The van der Waals surface area contributed by atoms with Gasteiger partial charge in [0.15, 0.2) is 0 Å². The fraction of sp³-hybridized carbons (Fsp3) is 0.900. The fourth-order valence-corrected chi connectivity index (χ4v) is 1.46. The van der Waals surface area contributed by atoms with Crippen molar-refractivity contribution in [3.63, 3.8) is 0 Å². The maximum absolute atomic E-state index is 11.6. The van der Waals surface area contributed by atoms with Crippen LogP contribution < -0.4 is 5.32 Å². The van der Waals surface area contributed by atoms with Crippen LogP contribution in [0.4, 0.5) is 0 Å². The van der Waals surface area contributed by atoms with Crippen LogP contribution in [0.25, 0.3) is 0 Å². The van der Waals surface area contributed by atoms with Gasteiger partial charge in [-0.1, -0.05) is 0 Å². The maximum atomic E-state index is 11.6. The van der Waals surface area contributed by atoms with E-state index in [-0.39, 0.29) is 12.0 Å². The molecule has 0 bridgehead atoms. The lowest BCUT2D eigenvalue weighted by Crippen LogP contribution is -2.39. The first-order valence-electron chi connectivity index (χ1n) is 4.79. The minimum absolute atomic E-state index is 0.158. The number of nitrogens with one attached hydrogen (secondary N) is 1. The van der Waals surface area contributed by atoms with Crippen LogP contribution >= 0.6 is 11.8 Å². The number of hydrogen-bond acceptors (Lipinski definition) is 4. The van der Waals surface area contributed by atoms with Gasteiger partial charge in [-0.3, -0.25) is 4.79 Å². The molecule has 0 aliphatic rings. The Morgan fingerprint density at radius 3 is 2.43 bits per heavy atom. The van der Waals surface area contributed by atoms with Gasteiger partial charge < -0.3 is 10.1 Å². The number of rotatable bonds is 5. The molecule has 0 spiro atoms. The molecule has 0 radical (unpaired) electrons. The molecule has 0 aromatic rings. The molecule has 0 aromatic carbocycles. The van der Waals surface area contributed by atoms with Crippen molar-refractivity contribution >= 4 is 17.7 Å². The van der Waals surface area contributed by atoms with Crippen LogP contribution in [-0.4, -0.2) is 36.7 Å². The molecule has 1 atom stereocenters. The summed E-state index contributed by atoms with van der Waals surface area (Å²) in [4.78, 5) is 11.6. The third-order valence-electron chi connectivity index (χ3n) is 1.65. The summed E-state index contributed by atoms with van der Waals surface area (Å²) >= 11 is 1.73. The lowest BCUT2D eigenvalue weighted by molar-refractivity contribution is -0.157. The summed E-state index contributed by atoms with van der Waals surface area (Å²) in [5, 5.41) is 2.97. The summed E-state index contributed by atoms with van der Waals surface area (Å²) in [5.41, 5.74) is -0.397. The van der Waals surface area contributed by atoms with E-state index in [4.69, 9.17) is 4.74 Å². The third-order valence-corrected chi connectivity index (χ3v) is 2.29. The predicted octanol–water partition coefficient (Wildman–Crippen LogP) is 1.67. The van der Waals surface area contributed by atoms with E-state index < -0.39 is 5.60 Å². The van der Waals surface area contributed by atoms with Crippen LogP contribution in [0.15, 0.2) is 0 Å². The first-order valence-corrected chi connectivity index (χ1v) is 6.19. The Hall–Kier alpha value is -0.220. The topological polar surface area (TPSA) is 38.3 Å². The summed E-state index contributed by atoms with van der Waals surface area (Å²) in [6, 6.07) is -0.179. The van der Waals surface area contributed by atoms with Crippen molar-refractivity contribution in [2.24, 2.45) is 0 Å². The first kappa shape index (κ1) is 13.8. The molecule has 0 fully saturated rings. The summed E-state index contributed by atoms with van der Waals surface area (Å²) in [6.45, 7) is 5.64. The van der Waals surface area contributed by atoms with Gasteiger partial charge in [-0.15, -0.1) is 0 Å². The number of carbonyl (C=O) groups excluding carboxylic acids is 1. The normalized spacial score (nSPS) is 13.8. The van der Waals surface area contributed by atoms with Crippen LogP contribution in [0.2, 0.25) is 0 Å². The molecule has 3 nitrogen and oxygen atoms in total. The third kappa shape index (κ3) is 6.27. The second kappa shape index (κ2) is 6.30. The van der Waals surface area contributed by atoms with Gasteiger partial charge in [0.05, 0.1) is 0 Å².